The predicted molar refractivity (Wildman–Crippen MR) is 120 cm³/mol. The average molecular weight is 402 g/mol. The lowest BCUT2D eigenvalue weighted by Crippen LogP contribution is -2.26. The molecule has 0 spiro atoms. The van der Waals surface area contributed by atoms with Crippen molar-refractivity contribution in [3.8, 4) is 5.75 Å². The van der Waals surface area contributed by atoms with Crippen LogP contribution in [0.25, 0.3) is 0 Å². The van der Waals surface area contributed by atoms with Crippen LogP contribution in [0, 0.1) is 0 Å². The van der Waals surface area contributed by atoms with Crippen molar-refractivity contribution in [2.45, 2.75) is 32.3 Å². The van der Waals surface area contributed by atoms with Crippen LogP contribution in [0.2, 0.25) is 0 Å². The fraction of sp³-hybridized carbons (Fsp3) is 0.269. The van der Waals surface area contributed by atoms with Gasteiger partial charge in [-0.15, -0.1) is 0 Å². The quantitative estimate of drug-likeness (QED) is 0.495. The lowest BCUT2D eigenvalue weighted by atomic mass is 9.86. The molecule has 0 N–H and O–H groups in total. The van der Waals surface area contributed by atoms with Crippen molar-refractivity contribution in [1.82, 2.24) is 0 Å². The van der Waals surface area contributed by atoms with Crippen LogP contribution in [-0.4, -0.2) is 25.2 Å². The molecule has 3 aromatic rings. The van der Waals surface area contributed by atoms with Crippen molar-refractivity contribution in [3.63, 3.8) is 0 Å². The van der Waals surface area contributed by atoms with Crippen LogP contribution in [0.4, 0.5) is 11.4 Å². The van der Waals surface area contributed by atoms with Gasteiger partial charge < -0.3 is 9.47 Å². The van der Waals surface area contributed by atoms with Crippen LogP contribution < -0.4 is 9.64 Å². The third-order valence-corrected chi connectivity index (χ3v) is 5.13. The summed E-state index contributed by atoms with van der Waals surface area (Å²) in [7, 11) is 0. The molecule has 0 aromatic heterocycles. The third kappa shape index (κ3) is 4.71. The first-order chi connectivity index (χ1) is 14.4. The van der Waals surface area contributed by atoms with Gasteiger partial charge in [0.25, 0.3) is 5.91 Å². The Bertz CT molecular complexity index is 1000. The molecular formula is C26H27NO3. The summed E-state index contributed by atoms with van der Waals surface area (Å²) in [5.41, 5.74) is 3.45. The fourth-order valence-corrected chi connectivity index (χ4v) is 3.27. The highest BCUT2D eigenvalue weighted by Gasteiger charge is 2.24. The van der Waals surface area contributed by atoms with Gasteiger partial charge in [0.05, 0.1) is 12.3 Å². The summed E-state index contributed by atoms with van der Waals surface area (Å²) < 4.78 is 11.0. The number of benzene rings is 3. The Morgan fingerprint density at radius 1 is 0.967 bits per heavy atom. The lowest BCUT2D eigenvalue weighted by molar-refractivity contribution is 0.0999. The smallest absolute Gasteiger partial charge is 0.262 e. The zero-order valence-corrected chi connectivity index (χ0v) is 17.7. The van der Waals surface area contributed by atoms with Gasteiger partial charge in [-0.1, -0.05) is 57.2 Å². The molecule has 0 radical (unpaired) electrons. The highest BCUT2D eigenvalue weighted by atomic mass is 16.6. The van der Waals surface area contributed by atoms with Crippen molar-refractivity contribution >= 4 is 17.3 Å². The number of rotatable bonds is 6. The normalized spacial score (nSPS) is 15.5. The minimum absolute atomic E-state index is 0.0393. The number of ether oxygens (including phenoxy) is 2. The summed E-state index contributed by atoms with van der Waals surface area (Å²) in [4.78, 5) is 15.3. The van der Waals surface area contributed by atoms with Gasteiger partial charge in [-0.3, -0.25) is 9.69 Å². The topological polar surface area (TPSA) is 42.1 Å². The number of para-hydroxylation sites is 1. The van der Waals surface area contributed by atoms with Gasteiger partial charge >= 0.3 is 0 Å². The van der Waals surface area contributed by atoms with E-state index >= 15 is 0 Å². The number of anilines is 2. The average Bonchev–Trinajstić information content (AvgIpc) is 3.58. The number of amides is 1. The van der Waals surface area contributed by atoms with Crippen molar-refractivity contribution in [2.24, 2.45) is 0 Å². The van der Waals surface area contributed by atoms with Crippen LogP contribution in [0.15, 0.2) is 78.9 Å². The van der Waals surface area contributed by atoms with Crippen molar-refractivity contribution < 1.29 is 14.3 Å². The molecule has 1 fully saturated rings. The summed E-state index contributed by atoms with van der Waals surface area (Å²) in [5.74, 6) is 0.643. The second kappa shape index (κ2) is 8.33. The molecule has 1 saturated heterocycles. The maximum atomic E-state index is 13.6. The third-order valence-electron chi connectivity index (χ3n) is 5.13. The van der Waals surface area contributed by atoms with Crippen molar-refractivity contribution in [2.75, 3.05) is 18.1 Å². The number of nitrogens with zero attached hydrogens (tertiary/aromatic N) is 1. The molecule has 0 aliphatic carbocycles. The number of carbonyl (C=O) groups is 1. The second-order valence-electron chi connectivity index (χ2n) is 8.57. The maximum absolute atomic E-state index is 13.6. The standard InChI is InChI=1S/C26H27NO3/c1-26(2,3)20-14-12-19(13-15-20)25(28)27(21-8-5-4-6-9-21)22-10-7-11-23(16-22)29-17-24-18-30-24/h4-16,24H,17-18H2,1-3H3. The number of hydrogen-bond donors (Lipinski definition) is 0. The summed E-state index contributed by atoms with van der Waals surface area (Å²) in [6, 6.07) is 25.2. The largest absolute Gasteiger partial charge is 0.491 e. The molecule has 1 heterocycles. The summed E-state index contributed by atoms with van der Waals surface area (Å²) >= 11 is 0. The van der Waals surface area contributed by atoms with Crippen LogP contribution in [0.1, 0.15) is 36.7 Å². The second-order valence-corrected chi connectivity index (χ2v) is 8.57. The lowest BCUT2D eigenvalue weighted by Gasteiger charge is -2.24. The predicted octanol–water partition coefficient (Wildman–Crippen LogP) is 5.74. The van der Waals surface area contributed by atoms with E-state index in [4.69, 9.17) is 9.47 Å². The van der Waals surface area contributed by atoms with E-state index < -0.39 is 0 Å². The van der Waals surface area contributed by atoms with E-state index in [1.807, 2.05) is 78.9 Å². The summed E-state index contributed by atoms with van der Waals surface area (Å²) in [5, 5.41) is 0. The van der Waals surface area contributed by atoms with Gasteiger partial charge in [-0.05, 0) is 47.4 Å². The van der Waals surface area contributed by atoms with Gasteiger partial charge in [0.15, 0.2) is 0 Å². The maximum Gasteiger partial charge on any atom is 0.262 e. The molecule has 4 heteroatoms. The number of epoxide rings is 1. The minimum Gasteiger partial charge on any atom is -0.491 e. The minimum atomic E-state index is -0.0793. The van der Waals surface area contributed by atoms with Gasteiger partial charge in [-0.2, -0.15) is 0 Å². The molecule has 1 amide bonds. The Kier molecular flexibility index (Phi) is 5.60. The molecular weight excluding hydrogens is 374 g/mol. The summed E-state index contributed by atoms with van der Waals surface area (Å²) in [6.07, 6.45) is 0.182. The summed E-state index contributed by atoms with van der Waals surface area (Å²) in [6.45, 7) is 7.77. The van der Waals surface area contributed by atoms with E-state index in [1.165, 1.54) is 5.56 Å². The van der Waals surface area contributed by atoms with Crippen LogP contribution in [-0.2, 0) is 10.2 Å². The van der Waals surface area contributed by atoms with Crippen LogP contribution in [0.3, 0.4) is 0 Å². The molecule has 1 atom stereocenters. The van der Waals surface area contributed by atoms with Gasteiger partial charge in [-0.25, -0.2) is 0 Å². The highest BCUT2D eigenvalue weighted by molar-refractivity contribution is 6.11. The number of carbonyl (C=O) groups excluding carboxylic acids is 1. The van der Waals surface area contributed by atoms with Crippen LogP contribution >= 0.6 is 0 Å². The van der Waals surface area contributed by atoms with Gasteiger partial charge in [0.1, 0.15) is 18.5 Å². The SMILES string of the molecule is CC(C)(C)c1ccc(C(=O)N(c2ccccc2)c2cccc(OCC3CO3)c2)cc1. The van der Waals surface area contributed by atoms with E-state index in [-0.39, 0.29) is 17.4 Å². The van der Waals surface area contributed by atoms with Crippen molar-refractivity contribution in [3.05, 3.63) is 90.0 Å². The molecule has 30 heavy (non-hydrogen) atoms. The Morgan fingerprint density at radius 3 is 2.27 bits per heavy atom. The molecule has 0 saturated carbocycles. The van der Waals surface area contributed by atoms with Crippen molar-refractivity contribution in [1.29, 1.82) is 0 Å². The van der Waals surface area contributed by atoms with E-state index in [1.54, 1.807) is 4.90 Å². The number of hydrogen-bond acceptors (Lipinski definition) is 3. The van der Waals surface area contributed by atoms with E-state index in [9.17, 15) is 4.79 Å². The van der Waals surface area contributed by atoms with Crippen LogP contribution in [0.5, 0.6) is 5.75 Å². The molecule has 4 nitrogen and oxygen atoms in total. The molecule has 4 rings (SSSR count). The Labute approximate surface area is 178 Å². The molecule has 1 aliphatic heterocycles. The molecule has 1 unspecified atom stereocenters. The zero-order valence-electron chi connectivity index (χ0n) is 17.7. The molecule has 1 aliphatic rings. The Hall–Kier alpha value is -3.11. The first kappa shape index (κ1) is 20.2. The van der Waals surface area contributed by atoms with E-state index in [0.717, 1.165) is 23.7 Å². The molecule has 3 aromatic carbocycles. The zero-order chi connectivity index (χ0) is 21.1. The fourth-order valence-electron chi connectivity index (χ4n) is 3.27. The van der Waals surface area contributed by atoms with E-state index in [0.29, 0.717) is 12.2 Å². The monoisotopic (exact) mass is 401 g/mol. The Balaban J connectivity index is 1.66. The van der Waals surface area contributed by atoms with E-state index in [2.05, 4.69) is 20.8 Å². The Morgan fingerprint density at radius 2 is 1.63 bits per heavy atom. The van der Waals surface area contributed by atoms with Gasteiger partial charge in [0.2, 0.25) is 0 Å². The van der Waals surface area contributed by atoms with Gasteiger partial charge in [0, 0.05) is 17.3 Å². The molecule has 154 valence electrons. The first-order valence-electron chi connectivity index (χ1n) is 10.3. The molecule has 0 bridgehead atoms. The highest BCUT2D eigenvalue weighted by Crippen LogP contribution is 2.31. The first-order valence-corrected chi connectivity index (χ1v) is 10.3.